The summed E-state index contributed by atoms with van der Waals surface area (Å²) >= 11 is 0. The molecule has 0 bridgehead atoms. The van der Waals surface area contributed by atoms with E-state index >= 15 is 0 Å². The Kier molecular flexibility index (Phi) is 5.11. The number of anilines is 1. The van der Waals surface area contributed by atoms with E-state index in [2.05, 4.69) is 5.32 Å². The predicted octanol–water partition coefficient (Wildman–Crippen LogP) is 3.13. The third-order valence-electron chi connectivity index (χ3n) is 3.05. The number of nitrogens with one attached hydrogen (secondary N) is 1. The number of hydrogen-bond donors (Lipinski definition) is 2. The SMILES string of the molecule is Cc1c(F)cccc1NCC(O)COc1ccc(F)cc1. The van der Waals surface area contributed by atoms with Crippen molar-refractivity contribution in [3.63, 3.8) is 0 Å². The molecule has 2 rings (SSSR count). The fourth-order valence-electron chi connectivity index (χ4n) is 1.81. The zero-order chi connectivity index (χ0) is 15.2. The molecule has 0 amide bonds. The van der Waals surface area contributed by atoms with Crippen molar-refractivity contribution < 1.29 is 18.6 Å². The van der Waals surface area contributed by atoms with Crippen molar-refractivity contribution in [2.45, 2.75) is 13.0 Å². The smallest absolute Gasteiger partial charge is 0.128 e. The van der Waals surface area contributed by atoms with E-state index < -0.39 is 6.10 Å². The third kappa shape index (κ3) is 4.43. The van der Waals surface area contributed by atoms with E-state index in [1.165, 1.54) is 30.3 Å². The minimum atomic E-state index is -0.766. The second-order valence-corrected chi connectivity index (χ2v) is 4.71. The molecule has 2 aromatic carbocycles. The van der Waals surface area contributed by atoms with Gasteiger partial charge in [0.15, 0.2) is 0 Å². The van der Waals surface area contributed by atoms with Crippen LogP contribution in [0.1, 0.15) is 5.56 Å². The zero-order valence-electron chi connectivity index (χ0n) is 11.6. The molecule has 1 atom stereocenters. The average molecular weight is 293 g/mol. The van der Waals surface area contributed by atoms with Gasteiger partial charge in [-0.25, -0.2) is 8.78 Å². The maximum absolute atomic E-state index is 13.3. The first kappa shape index (κ1) is 15.3. The van der Waals surface area contributed by atoms with Crippen molar-refractivity contribution in [2.24, 2.45) is 0 Å². The molecule has 1 unspecified atom stereocenters. The highest BCUT2D eigenvalue weighted by atomic mass is 19.1. The number of aliphatic hydroxyl groups excluding tert-OH is 1. The highest BCUT2D eigenvalue weighted by molar-refractivity contribution is 5.50. The van der Waals surface area contributed by atoms with Gasteiger partial charge in [0.25, 0.3) is 0 Å². The van der Waals surface area contributed by atoms with Crippen LogP contribution in [0.25, 0.3) is 0 Å². The van der Waals surface area contributed by atoms with E-state index in [0.717, 1.165) is 0 Å². The lowest BCUT2D eigenvalue weighted by Crippen LogP contribution is -2.26. The van der Waals surface area contributed by atoms with E-state index in [1.807, 2.05) is 0 Å². The summed E-state index contributed by atoms with van der Waals surface area (Å²) in [5.41, 5.74) is 1.14. The summed E-state index contributed by atoms with van der Waals surface area (Å²) in [5.74, 6) is -0.152. The summed E-state index contributed by atoms with van der Waals surface area (Å²) < 4.78 is 31.4. The molecule has 0 aliphatic heterocycles. The Labute approximate surface area is 122 Å². The van der Waals surface area contributed by atoms with Gasteiger partial charge in [0.2, 0.25) is 0 Å². The molecule has 0 aliphatic rings. The number of rotatable bonds is 6. The molecule has 0 heterocycles. The van der Waals surface area contributed by atoms with Crippen LogP contribution in [0.15, 0.2) is 42.5 Å². The molecule has 0 saturated heterocycles. The van der Waals surface area contributed by atoms with Crippen molar-refractivity contribution in [3.05, 3.63) is 59.7 Å². The number of benzene rings is 2. The third-order valence-corrected chi connectivity index (χ3v) is 3.05. The summed E-state index contributed by atoms with van der Waals surface area (Å²) in [6.45, 7) is 1.96. The zero-order valence-corrected chi connectivity index (χ0v) is 11.6. The van der Waals surface area contributed by atoms with Gasteiger partial charge < -0.3 is 15.2 Å². The standard InChI is InChI=1S/C16H17F2NO2/c1-11-15(18)3-2-4-16(11)19-9-13(20)10-21-14-7-5-12(17)6-8-14/h2-8,13,19-20H,9-10H2,1H3. The monoisotopic (exact) mass is 293 g/mol. The topological polar surface area (TPSA) is 41.5 Å². The first-order valence-electron chi connectivity index (χ1n) is 6.61. The number of halogens is 2. The Morgan fingerprint density at radius 1 is 1.14 bits per heavy atom. The summed E-state index contributed by atoms with van der Waals surface area (Å²) in [5, 5.41) is 12.8. The first-order chi connectivity index (χ1) is 10.1. The Bertz CT molecular complexity index is 587. The van der Waals surface area contributed by atoms with Crippen molar-refractivity contribution in [2.75, 3.05) is 18.5 Å². The molecule has 21 heavy (non-hydrogen) atoms. The van der Waals surface area contributed by atoms with Crippen LogP contribution in [0.4, 0.5) is 14.5 Å². The van der Waals surface area contributed by atoms with E-state index in [4.69, 9.17) is 4.74 Å². The molecular weight excluding hydrogens is 276 g/mol. The molecular formula is C16H17F2NO2. The van der Waals surface area contributed by atoms with E-state index in [9.17, 15) is 13.9 Å². The Morgan fingerprint density at radius 3 is 2.57 bits per heavy atom. The van der Waals surface area contributed by atoms with Crippen LogP contribution < -0.4 is 10.1 Å². The number of hydrogen-bond acceptors (Lipinski definition) is 3. The Hall–Kier alpha value is -2.14. The molecule has 5 heteroatoms. The minimum absolute atomic E-state index is 0.0625. The van der Waals surface area contributed by atoms with E-state index in [1.54, 1.807) is 19.1 Å². The summed E-state index contributed by atoms with van der Waals surface area (Å²) in [4.78, 5) is 0. The van der Waals surface area contributed by atoms with Crippen LogP contribution in [-0.2, 0) is 0 Å². The van der Waals surface area contributed by atoms with Gasteiger partial charge >= 0.3 is 0 Å². The maximum Gasteiger partial charge on any atom is 0.128 e. The predicted molar refractivity (Wildman–Crippen MR) is 77.5 cm³/mol. The van der Waals surface area contributed by atoms with Gasteiger partial charge in [-0.05, 0) is 43.3 Å². The highest BCUT2D eigenvalue weighted by Gasteiger charge is 2.08. The van der Waals surface area contributed by atoms with Crippen molar-refractivity contribution in [3.8, 4) is 5.75 Å². The van der Waals surface area contributed by atoms with E-state index in [0.29, 0.717) is 17.0 Å². The highest BCUT2D eigenvalue weighted by Crippen LogP contribution is 2.17. The van der Waals surface area contributed by atoms with E-state index in [-0.39, 0.29) is 24.8 Å². The number of ether oxygens (including phenoxy) is 1. The van der Waals surface area contributed by atoms with Crippen molar-refractivity contribution in [1.29, 1.82) is 0 Å². The molecule has 0 spiro atoms. The van der Waals surface area contributed by atoms with Gasteiger partial charge in [-0.2, -0.15) is 0 Å². The Balaban J connectivity index is 1.80. The minimum Gasteiger partial charge on any atom is -0.491 e. The fraction of sp³-hybridized carbons (Fsp3) is 0.250. The molecule has 0 radical (unpaired) electrons. The normalized spacial score (nSPS) is 12.0. The van der Waals surface area contributed by atoms with Gasteiger partial charge in [0, 0.05) is 17.8 Å². The van der Waals surface area contributed by atoms with Gasteiger partial charge in [-0.15, -0.1) is 0 Å². The molecule has 0 aliphatic carbocycles. The lowest BCUT2D eigenvalue weighted by molar-refractivity contribution is 0.117. The van der Waals surface area contributed by atoms with Crippen LogP contribution >= 0.6 is 0 Å². The lowest BCUT2D eigenvalue weighted by Gasteiger charge is -2.15. The summed E-state index contributed by atoms with van der Waals surface area (Å²) in [6.07, 6.45) is -0.766. The van der Waals surface area contributed by atoms with Crippen molar-refractivity contribution >= 4 is 5.69 Å². The second kappa shape index (κ2) is 7.04. The molecule has 3 nitrogen and oxygen atoms in total. The van der Waals surface area contributed by atoms with Crippen LogP contribution in [0.2, 0.25) is 0 Å². The fourth-order valence-corrected chi connectivity index (χ4v) is 1.81. The van der Waals surface area contributed by atoms with Gasteiger partial charge in [-0.1, -0.05) is 6.07 Å². The molecule has 112 valence electrons. The number of aliphatic hydroxyl groups is 1. The largest absolute Gasteiger partial charge is 0.491 e. The van der Waals surface area contributed by atoms with Gasteiger partial charge in [-0.3, -0.25) is 0 Å². The summed E-state index contributed by atoms with van der Waals surface area (Å²) in [6, 6.07) is 10.3. The van der Waals surface area contributed by atoms with Gasteiger partial charge in [0.05, 0.1) is 0 Å². The quantitative estimate of drug-likeness (QED) is 0.860. The molecule has 0 saturated carbocycles. The van der Waals surface area contributed by atoms with Gasteiger partial charge in [0.1, 0.15) is 30.1 Å². The summed E-state index contributed by atoms with van der Waals surface area (Å²) in [7, 11) is 0. The van der Waals surface area contributed by atoms with Crippen LogP contribution in [-0.4, -0.2) is 24.4 Å². The Morgan fingerprint density at radius 2 is 1.86 bits per heavy atom. The molecule has 2 N–H and O–H groups in total. The second-order valence-electron chi connectivity index (χ2n) is 4.71. The molecule has 0 aromatic heterocycles. The average Bonchev–Trinajstić information content (AvgIpc) is 2.48. The first-order valence-corrected chi connectivity index (χ1v) is 6.61. The maximum atomic E-state index is 13.3. The van der Waals surface area contributed by atoms with Crippen LogP contribution in [0.5, 0.6) is 5.75 Å². The van der Waals surface area contributed by atoms with Crippen LogP contribution in [0, 0.1) is 18.6 Å². The van der Waals surface area contributed by atoms with Crippen molar-refractivity contribution in [1.82, 2.24) is 0 Å². The lowest BCUT2D eigenvalue weighted by atomic mass is 10.2. The van der Waals surface area contributed by atoms with Crippen LogP contribution in [0.3, 0.4) is 0 Å². The molecule has 2 aromatic rings. The molecule has 0 fully saturated rings.